The molecular formula is C26H40N4O5. The fourth-order valence-corrected chi connectivity index (χ4v) is 4.43. The van der Waals surface area contributed by atoms with Gasteiger partial charge in [0.1, 0.15) is 6.04 Å². The lowest BCUT2D eigenvalue weighted by atomic mass is 10.0. The molecule has 0 radical (unpaired) electrons. The van der Waals surface area contributed by atoms with Crippen LogP contribution in [0.15, 0.2) is 18.2 Å². The van der Waals surface area contributed by atoms with E-state index >= 15 is 0 Å². The number of carbonyl (C=O) groups is 3. The highest BCUT2D eigenvalue weighted by atomic mass is 16.6. The van der Waals surface area contributed by atoms with Gasteiger partial charge in [-0.1, -0.05) is 52.5 Å². The molecule has 2 atom stereocenters. The first kappa shape index (κ1) is 28.3. The molecule has 1 fully saturated rings. The minimum absolute atomic E-state index is 0.0981. The summed E-state index contributed by atoms with van der Waals surface area (Å²) in [6, 6.07) is 3.42. The number of nitro benzene ring substituents is 1. The molecule has 3 amide bonds. The molecule has 9 nitrogen and oxygen atoms in total. The molecule has 1 aliphatic heterocycles. The van der Waals surface area contributed by atoms with E-state index in [1.54, 1.807) is 11.8 Å². The van der Waals surface area contributed by atoms with Crippen molar-refractivity contribution in [3.05, 3.63) is 39.4 Å². The van der Waals surface area contributed by atoms with E-state index in [1.165, 1.54) is 31.0 Å². The number of piperazine rings is 1. The van der Waals surface area contributed by atoms with Crippen molar-refractivity contribution in [3.63, 3.8) is 0 Å². The fourth-order valence-electron chi connectivity index (χ4n) is 4.43. The summed E-state index contributed by atoms with van der Waals surface area (Å²) in [7, 11) is 0. The molecule has 1 heterocycles. The molecule has 194 valence electrons. The number of benzene rings is 1. The van der Waals surface area contributed by atoms with Crippen LogP contribution < -0.4 is 5.32 Å². The first-order chi connectivity index (χ1) is 16.6. The standard InChI is InChI=1S/C26H40N4O5/c1-6-7-8-9-10-11-23(31)29-15-14-28(17-20(29)5)26(33)24(18(2)3)27-25(32)21-13-12-19(4)22(16-21)30(34)35/h12-13,16,18,20,24H,6-11,14-15,17H2,1-5H3,(H,27,32)/t20-,24+/m1/s1. The largest absolute Gasteiger partial charge is 0.340 e. The monoisotopic (exact) mass is 488 g/mol. The molecule has 0 aliphatic carbocycles. The Morgan fingerprint density at radius 3 is 2.43 bits per heavy atom. The molecule has 1 saturated heterocycles. The van der Waals surface area contributed by atoms with Crippen LogP contribution in [-0.2, 0) is 9.59 Å². The van der Waals surface area contributed by atoms with E-state index < -0.39 is 16.9 Å². The lowest BCUT2D eigenvalue weighted by molar-refractivity contribution is -0.385. The maximum absolute atomic E-state index is 13.3. The van der Waals surface area contributed by atoms with Gasteiger partial charge >= 0.3 is 0 Å². The maximum Gasteiger partial charge on any atom is 0.273 e. The fraction of sp³-hybridized carbons (Fsp3) is 0.654. The van der Waals surface area contributed by atoms with Crippen LogP contribution in [0.3, 0.4) is 0 Å². The Hall–Kier alpha value is -2.97. The average Bonchev–Trinajstić information content (AvgIpc) is 2.81. The second-order valence-electron chi connectivity index (χ2n) is 9.84. The van der Waals surface area contributed by atoms with Gasteiger partial charge in [-0.05, 0) is 32.3 Å². The van der Waals surface area contributed by atoms with Crippen LogP contribution >= 0.6 is 0 Å². The van der Waals surface area contributed by atoms with Gasteiger partial charge in [0, 0.05) is 49.3 Å². The molecule has 0 saturated carbocycles. The Balaban J connectivity index is 1.99. The van der Waals surface area contributed by atoms with Gasteiger partial charge in [-0.3, -0.25) is 24.5 Å². The number of hydrogen-bond donors (Lipinski definition) is 1. The Kier molecular flexibility index (Phi) is 10.7. The van der Waals surface area contributed by atoms with Crippen molar-refractivity contribution in [1.29, 1.82) is 0 Å². The van der Waals surface area contributed by atoms with E-state index in [1.807, 2.05) is 25.7 Å². The van der Waals surface area contributed by atoms with Gasteiger partial charge < -0.3 is 15.1 Å². The number of carbonyl (C=O) groups excluding carboxylic acids is 3. The number of nitrogens with one attached hydrogen (secondary N) is 1. The Labute approximate surface area is 208 Å². The number of amides is 3. The lowest BCUT2D eigenvalue weighted by Crippen LogP contribution is -2.59. The van der Waals surface area contributed by atoms with Gasteiger partial charge in [0.25, 0.3) is 11.6 Å². The highest BCUT2D eigenvalue weighted by Crippen LogP contribution is 2.20. The number of hydrogen-bond acceptors (Lipinski definition) is 5. The minimum Gasteiger partial charge on any atom is -0.340 e. The molecular weight excluding hydrogens is 448 g/mol. The van der Waals surface area contributed by atoms with Crippen molar-refractivity contribution in [1.82, 2.24) is 15.1 Å². The van der Waals surface area contributed by atoms with Crippen molar-refractivity contribution < 1.29 is 19.3 Å². The molecule has 1 aromatic rings. The smallest absolute Gasteiger partial charge is 0.273 e. The SMILES string of the molecule is CCCCCCCC(=O)N1CCN(C(=O)[C@@H](NC(=O)c2ccc(C)c([N+](=O)[O-])c2)C(C)C)C[C@H]1C. The van der Waals surface area contributed by atoms with E-state index in [2.05, 4.69) is 12.2 Å². The summed E-state index contributed by atoms with van der Waals surface area (Å²) < 4.78 is 0. The normalized spacial score (nSPS) is 16.8. The summed E-state index contributed by atoms with van der Waals surface area (Å²) in [6.07, 6.45) is 6.01. The Morgan fingerprint density at radius 2 is 1.83 bits per heavy atom. The zero-order valence-corrected chi connectivity index (χ0v) is 21.7. The summed E-state index contributed by atoms with van der Waals surface area (Å²) in [5.41, 5.74) is 0.471. The van der Waals surface area contributed by atoms with E-state index in [0.717, 1.165) is 19.3 Å². The number of nitro groups is 1. The van der Waals surface area contributed by atoms with Gasteiger partial charge in [0.2, 0.25) is 11.8 Å². The van der Waals surface area contributed by atoms with Crippen LogP contribution in [-0.4, -0.2) is 64.2 Å². The summed E-state index contributed by atoms with van der Waals surface area (Å²) >= 11 is 0. The van der Waals surface area contributed by atoms with Gasteiger partial charge in [0.15, 0.2) is 0 Å². The average molecular weight is 489 g/mol. The first-order valence-corrected chi connectivity index (χ1v) is 12.7. The van der Waals surface area contributed by atoms with Crippen LogP contribution in [0.1, 0.15) is 82.1 Å². The second kappa shape index (κ2) is 13.2. The second-order valence-corrected chi connectivity index (χ2v) is 9.84. The molecule has 2 rings (SSSR count). The van der Waals surface area contributed by atoms with Gasteiger partial charge in [-0.25, -0.2) is 0 Å². The molecule has 0 unspecified atom stereocenters. The van der Waals surface area contributed by atoms with Gasteiger partial charge in [0.05, 0.1) is 4.92 Å². The molecule has 0 bridgehead atoms. The maximum atomic E-state index is 13.3. The van der Waals surface area contributed by atoms with E-state index in [0.29, 0.717) is 31.6 Å². The molecule has 0 spiro atoms. The summed E-state index contributed by atoms with van der Waals surface area (Å²) in [5.74, 6) is -0.765. The van der Waals surface area contributed by atoms with Crippen molar-refractivity contribution in [2.75, 3.05) is 19.6 Å². The van der Waals surface area contributed by atoms with Gasteiger partial charge in [-0.2, -0.15) is 0 Å². The van der Waals surface area contributed by atoms with E-state index in [4.69, 9.17) is 0 Å². The zero-order valence-electron chi connectivity index (χ0n) is 21.7. The summed E-state index contributed by atoms with van der Waals surface area (Å²) in [5, 5.41) is 14.0. The third-order valence-electron chi connectivity index (χ3n) is 6.64. The molecule has 0 aromatic heterocycles. The van der Waals surface area contributed by atoms with Crippen LogP contribution in [0.2, 0.25) is 0 Å². The van der Waals surface area contributed by atoms with E-state index in [9.17, 15) is 24.5 Å². The van der Waals surface area contributed by atoms with E-state index in [-0.39, 0.29) is 35.0 Å². The highest BCUT2D eigenvalue weighted by Gasteiger charge is 2.34. The summed E-state index contributed by atoms with van der Waals surface area (Å²) in [4.78, 5) is 53.1. The molecule has 35 heavy (non-hydrogen) atoms. The number of aryl methyl sites for hydroxylation is 1. The third kappa shape index (κ3) is 7.77. The van der Waals surface area contributed by atoms with Crippen molar-refractivity contribution in [3.8, 4) is 0 Å². The number of rotatable bonds is 11. The highest BCUT2D eigenvalue weighted by molar-refractivity contribution is 5.98. The quantitative estimate of drug-likeness (QED) is 0.286. The number of nitrogens with zero attached hydrogens (tertiary/aromatic N) is 3. The molecule has 1 N–H and O–H groups in total. The molecule has 1 aromatic carbocycles. The molecule has 9 heteroatoms. The Bertz CT molecular complexity index is 917. The zero-order chi connectivity index (χ0) is 26.1. The Morgan fingerprint density at radius 1 is 1.14 bits per heavy atom. The predicted octanol–water partition coefficient (Wildman–Crippen LogP) is 4.08. The van der Waals surface area contributed by atoms with Crippen LogP contribution in [0.25, 0.3) is 0 Å². The van der Waals surface area contributed by atoms with Gasteiger partial charge in [-0.15, -0.1) is 0 Å². The molecule has 1 aliphatic rings. The third-order valence-corrected chi connectivity index (χ3v) is 6.64. The minimum atomic E-state index is -0.768. The van der Waals surface area contributed by atoms with Crippen molar-refractivity contribution in [2.45, 2.75) is 85.2 Å². The topological polar surface area (TPSA) is 113 Å². The predicted molar refractivity (Wildman–Crippen MR) is 135 cm³/mol. The number of unbranched alkanes of at least 4 members (excludes halogenated alkanes) is 4. The van der Waals surface area contributed by atoms with Crippen molar-refractivity contribution in [2.24, 2.45) is 5.92 Å². The van der Waals surface area contributed by atoms with Crippen LogP contribution in [0, 0.1) is 23.0 Å². The summed E-state index contributed by atoms with van der Waals surface area (Å²) in [6.45, 7) is 10.7. The van der Waals surface area contributed by atoms with Crippen LogP contribution in [0.4, 0.5) is 5.69 Å². The van der Waals surface area contributed by atoms with Crippen molar-refractivity contribution >= 4 is 23.4 Å². The first-order valence-electron chi connectivity index (χ1n) is 12.7. The lowest BCUT2D eigenvalue weighted by Gasteiger charge is -2.41. The van der Waals surface area contributed by atoms with Crippen LogP contribution in [0.5, 0.6) is 0 Å².